The zero-order valence-corrected chi connectivity index (χ0v) is 12.5. The zero-order chi connectivity index (χ0) is 15.4. The van der Waals surface area contributed by atoms with Gasteiger partial charge in [0.05, 0.1) is 11.9 Å². The summed E-state index contributed by atoms with van der Waals surface area (Å²) in [6.45, 7) is 2.89. The summed E-state index contributed by atoms with van der Waals surface area (Å²) in [6.07, 6.45) is 4.66. The number of aromatic nitrogens is 3. The predicted octanol–water partition coefficient (Wildman–Crippen LogP) is 2.22. The van der Waals surface area contributed by atoms with Gasteiger partial charge in [0.2, 0.25) is 5.95 Å². The lowest BCUT2D eigenvalue weighted by Crippen LogP contribution is -2.29. The first kappa shape index (κ1) is 15.2. The van der Waals surface area contributed by atoms with Gasteiger partial charge in [-0.3, -0.25) is 14.3 Å². The molecule has 0 aliphatic rings. The molecule has 0 aliphatic heterocycles. The van der Waals surface area contributed by atoms with Crippen LogP contribution in [0.2, 0.25) is 0 Å². The van der Waals surface area contributed by atoms with Crippen LogP contribution in [0.4, 0.5) is 10.3 Å². The maximum absolute atomic E-state index is 13.8. The third-order valence-electron chi connectivity index (χ3n) is 3.35. The van der Waals surface area contributed by atoms with E-state index in [2.05, 4.69) is 16.9 Å². The average molecular weight is 290 g/mol. The second kappa shape index (κ2) is 6.47. The molecule has 112 valence electrons. The molecule has 0 saturated carbocycles. The van der Waals surface area contributed by atoms with Crippen LogP contribution in [0.5, 0.6) is 0 Å². The summed E-state index contributed by atoms with van der Waals surface area (Å²) < 4.78 is 15.3. The smallest absolute Gasteiger partial charge is 0.255 e. The molecule has 0 aliphatic carbocycles. The molecule has 2 heterocycles. The van der Waals surface area contributed by atoms with E-state index in [0.717, 1.165) is 25.6 Å². The van der Waals surface area contributed by atoms with Crippen molar-refractivity contribution in [1.82, 2.24) is 14.5 Å². The summed E-state index contributed by atoms with van der Waals surface area (Å²) in [6, 6.07) is 2.86. The average Bonchev–Trinajstić information content (AvgIpc) is 2.48. The van der Waals surface area contributed by atoms with E-state index in [1.165, 1.54) is 22.9 Å². The fourth-order valence-corrected chi connectivity index (χ4v) is 2.08. The van der Waals surface area contributed by atoms with Crippen molar-refractivity contribution in [3.05, 3.63) is 40.7 Å². The maximum atomic E-state index is 13.8. The molecule has 21 heavy (non-hydrogen) atoms. The quantitative estimate of drug-likeness (QED) is 0.847. The SMILES string of the molecule is CCCCN(C)c1nc(-c2ccncc2F)cc(=O)n1C. The number of anilines is 1. The zero-order valence-electron chi connectivity index (χ0n) is 12.5. The number of hydrogen-bond acceptors (Lipinski definition) is 4. The van der Waals surface area contributed by atoms with Crippen LogP contribution in [-0.2, 0) is 7.05 Å². The Bertz CT molecular complexity index is 684. The number of pyridine rings is 1. The monoisotopic (exact) mass is 290 g/mol. The third-order valence-corrected chi connectivity index (χ3v) is 3.35. The minimum Gasteiger partial charge on any atom is -0.345 e. The molecular formula is C15H19FN4O. The molecule has 0 atom stereocenters. The molecule has 2 aromatic rings. The Kier molecular flexibility index (Phi) is 4.67. The van der Waals surface area contributed by atoms with Crippen LogP contribution in [-0.4, -0.2) is 28.1 Å². The molecule has 5 nitrogen and oxygen atoms in total. The van der Waals surface area contributed by atoms with Gasteiger partial charge >= 0.3 is 0 Å². The highest BCUT2D eigenvalue weighted by atomic mass is 19.1. The molecule has 0 bridgehead atoms. The molecule has 2 rings (SSSR count). The second-order valence-corrected chi connectivity index (χ2v) is 4.97. The van der Waals surface area contributed by atoms with Crippen molar-refractivity contribution in [2.75, 3.05) is 18.5 Å². The Balaban J connectivity index is 2.49. The summed E-state index contributed by atoms with van der Waals surface area (Å²) >= 11 is 0. The lowest BCUT2D eigenvalue weighted by atomic mass is 10.2. The normalized spacial score (nSPS) is 10.7. The van der Waals surface area contributed by atoms with Crippen LogP contribution in [0.1, 0.15) is 19.8 Å². The molecule has 0 amide bonds. The van der Waals surface area contributed by atoms with E-state index in [9.17, 15) is 9.18 Å². The topological polar surface area (TPSA) is 51.0 Å². The van der Waals surface area contributed by atoms with E-state index >= 15 is 0 Å². The van der Waals surface area contributed by atoms with Gasteiger partial charge in [0.15, 0.2) is 5.82 Å². The predicted molar refractivity (Wildman–Crippen MR) is 80.8 cm³/mol. The van der Waals surface area contributed by atoms with Crippen molar-refractivity contribution in [2.45, 2.75) is 19.8 Å². The molecular weight excluding hydrogens is 271 g/mol. The van der Waals surface area contributed by atoms with Crippen LogP contribution in [0.25, 0.3) is 11.3 Å². The molecule has 6 heteroatoms. The molecule has 2 aromatic heterocycles. The van der Waals surface area contributed by atoms with Gasteiger partial charge in [0.25, 0.3) is 5.56 Å². The van der Waals surface area contributed by atoms with Crippen molar-refractivity contribution >= 4 is 5.95 Å². The first-order chi connectivity index (χ1) is 10.0. The van der Waals surface area contributed by atoms with Crippen molar-refractivity contribution in [3.63, 3.8) is 0 Å². The largest absolute Gasteiger partial charge is 0.345 e. The van der Waals surface area contributed by atoms with Gasteiger partial charge in [-0.05, 0) is 12.5 Å². The number of nitrogens with zero attached hydrogens (tertiary/aromatic N) is 4. The fraction of sp³-hybridized carbons (Fsp3) is 0.400. The van der Waals surface area contributed by atoms with Crippen LogP contribution in [0, 0.1) is 5.82 Å². The highest BCUT2D eigenvalue weighted by molar-refractivity contribution is 5.60. The highest BCUT2D eigenvalue weighted by Gasteiger charge is 2.13. The number of hydrogen-bond donors (Lipinski definition) is 0. The van der Waals surface area contributed by atoms with Crippen LogP contribution in [0.15, 0.2) is 29.3 Å². The first-order valence-corrected chi connectivity index (χ1v) is 6.93. The molecule has 0 unspecified atom stereocenters. The summed E-state index contributed by atoms with van der Waals surface area (Å²) in [5.74, 6) is 0.0441. The standard InChI is InChI=1S/C15H19FN4O/c1-4-5-8-19(2)15-18-13(9-14(21)20(15)3)11-6-7-17-10-12(11)16/h6-7,9-10H,4-5,8H2,1-3H3. The number of halogens is 1. The van der Waals surface area contributed by atoms with E-state index in [4.69, 9.17) is 0 Å². The third kappa shape index (κ3) is 3.26. The Morgan fingerprint density at radius 1 is 1.43 bits per heavy atom. The van der Waals surface area contributed by atoms with Crippen molar-refractivity contribution in [2.24, 2.45) is 7.05 Å². The highest BCUT2D eigenvalue weighted by Crippen LogP contribution is 2.20. The van der Waals surface area contributed by atoms with E-state index in [1.54, 1.807) is 7.05 Å². The maximum Gasteiger partial charge on any atom is 0.255 e. The molecule has 0 radical (unpaired) electrons. The van der Waals surface area contributed by atoms with Crippen LogP contribution < -0.4 is 10.5 Å². The van der Waals surface area contributed by atoms with Gasteiger partial charge in [-0.1, -0.05) is 13.3 Å². The minimum absolute atomic E-state index is 0.213. The van der Waals surface area contributed by atoms with E-state index in [0.29, 0.717) is 11.6 Å². The van der Waals surface area contributed by atoms with Gasteiger partial charge in [-0.2, -0.15) is 0 Å². The molecule has 0 saturated heterocycles. The number of rotatable bonds is 5. The fourth-order valence-electron chi connectivity index (χ4n) is 2.08. The molecule has 0 spiro atoms. The Morgan fingerprint density at radius 2 is 2.19 bits per heavy atom. The van der Waals surface area contributed by atoms with E-state index < -0.39 is 5.82 Å². The van der Waals surface area contributed by atoms with Gasteiger partial charge < -0.3 is 4.90 Å². The lowest BCUT2D eigenvalue weighted by molar-refractivity contribution is 0.623. The summed E-state index contributed by atoms with van der Waals surface area (Å²) in [7, 11) is 3.55. The summed E-state index contributed by atoms with van der Waals surface area (Å²) in [5, 5.41) is 0. The molecule has 0 aromatic carbocycles. The van der Waals surface area contributed by atoms with Crippen LogP contribution in [0.3, 0.4) is 0 Å². The number of unbranched alkanes of at least 4 members (excludes halogenated alkanes) is 1. The Morgan fingerprint density at radius 3 is 2.86 bits per heavy atom. The van der Waals surface area contributed by atoms with Gasteiger partial charge in [0.1, 0.15) is 0 Å². The van der Waals surface area contributed by atoms with Gasteiger partial charge in [-0.15, -0.1) is 0 Å². The minimum atomic E-state index is -0.486. The second-order valence-electron chi connectivity index (χ2n) is 4.97. The lowest BCUT2D eigenvalue weighted by Gasteiger charge is -2.20. The summed E-state index contributed by atoms with van der Waals surface area (Å²) in [4.78, 5) is 22.1. The molecule has 0 fully saturated rings. The van der Waals surface area contributed by atoms with Gasteiger partial charge in [0, 0.05) is 38.5 Å². The van der Waals surface area contributed by atoms with E-state index in [1.807, 2.05) is 11.9 Å². The van der Waals surface area contributed by atoms with Gasteiger partial charge in [-0.25, -0.2) is 9.37 Å². The van der Waals surface area contributed by atoms with Crippen LogP contribution >= 0.6 is 0 Å². The molecule has 0 N–H and O–H groups in total. The Labute approximate surface area is 123 Å². The van der Waals surface area contributed by atoms with Crippen molar-refractivity contribution in [1.29, 1.82) is 0 Å². The van der Waals surface area contributed by atoms with E-state index in [-0.39, 0.29) is 11.1 Å². The first-order valence-electron chi connectivity index (χ1n) is 6.93. The summed E-state index contributed by atoms with van der Waals surface area (Å²) in [5.41, 5.74) is 0.402. The van der Waals surface area contributed by atoms with Crippen molar-refractivity contribution in [3.8, 4) is 11.3 Å². The van der Waals surface area contributed by atoms with Crippen molar-refractivity contribution < 1.29 is 4.39 Å². The Hall–Kier alpha value is -2.24.